The van der Waals surface area contributed by atoms with Gasteiger partial charge >= 0.3 is 0 Å². The summed E-state index contributed by atoms with van der Waals surface area (Å²) in [4.78, 5) is 0. The molecule has 0 fully saturated rings. The van der Waals surface area contributed by atoms with Crippen molar-refractivity contribution >= 4 is 0 Å². The van der Waals surface area contributed by atoms with Crippen LogP contribution in [0, 0.1) is 18.6 Å². The van der Waals surface area contributed by atoms with E-state index in [1.807, 2.05) is 0 Å². The fraction of sp³-hybridized carbons (Fsp3) is 0.400. The highest BCUT2D eigenvalue weighted by Gasteiger charge is 2.16. The molecule has 0 spiro atoms. The van der Waals surface area contributed by atoms with Crippen LogP contribution in [-0.4, -0.2) is 13.7 Å². The van der Waals surface area contributed by atoms with Crippen LogP contribution >= 0.6 is 0 Å². The Bertz CT molecular complexity index is 344. The average Bonchev–Trinajstić information content (AvgIpc) is 2.20. The highest BCUT2D eigenvalue weighted by Crippen LogP contribution is 2.20. The molecule has 1 unspecified atom stereocenters. The first-order valence-corrected chi connectivity index (χ1v) is 4.50. The Hall–Kier alpha value is -1.04. The molecular weight excluding hydrogens is 202 g/mol. The predicted molar refractivity (Wildman–Crippen MR) is 53.0 cm³/mol. The minimum Gasteiger partial charge on any atom is -0.383 e. The van der Waals surface area contributed by atoms with E-state index >= 15 is 0 Å². The van der Waals surface area contributed by atoms with Crippen LogP contribution in [0.4, 0.5) is 8.78 Å². The zero-order valence-corrected chi connectivity index (χ0v) is 8.68. The summed E-state index contributed by atoms with van der Waals surface area (Å²) in [5.41, 5.74) is 3.10. The molecule has 0 bridgehead atoms. The van der Waals surface area contributed by atoms with Crippen LogP contribution in [0.15, 0.2) is 12.1 Å². The quantitative estimate of drug-likeness (QED) is 0.591. The molecule has 1 aromatic rings. The van der Waals surface area contributed by atoms with E-state index < -0.39 is 17.7 Å². The summed E-state index contributed by atoms with van der Waals surface area (Å²) in [6.07, 6.45) is 0. The Morgan fingerprint density at radius 1 is 1.40 bits per heavy atom. The van der Waals surface area contributed by atoms with Gasteiger partial charge in [0.1, 0.15) is 11.6 Å². The zero-order valence-electron chi connectivity index (χ0n) is 8.68. The third-order valence-corrected chi connectivity index (χ3v) is 2.19. The van der Waals surface area contributed by atoms with Crippen molar-refractivity contribution in [2.75, 3.05) is 13.7 Å². The number of methoxy groups -OCH3 is 1. The monoisotopic (exact) mass is 216 g/mol. The molecule has 0 aromatic heterocycles. The van der Waals surface area contributed by atoms with E-state index in [2.05, 4.69) is 5.43 Å². The summed E-state index contributed by atoms with van der Waals surface area (Å²) < 4.78 is 31.3. The maximum Gasteiger partial charge on any atom is 0.131 e. The van der Waals surface area contributed by atoms with Crippen molar-refractivity contribution in [1.29, 1.82) is 0 Å². The molecule has 0 aliphatic rings. The van der Waals surface area contributed by atoms with Gasteiger partial charge in [-0.2, -0.15) is 0 Å². The number of rotatable bonds is 4. The van der Waals surface area contributed by atoms with E-state index in [1.54, 1.807) is 6.92 Å². The molecule has 0 aliphatic carbocycles. The number of nitrogens with one attached hydrogen (secondary N) is 1. The first-order valence-electron chi connectivity index (χ1n) is 4.50. The standard InChI is InChI=1S/C10H14F2N2O/c1-6-3-7(9(12)4-8(6)11)10(14-13)5-15-2/h3-4,10,14H,5,13H2,1-2H3. The van der Waals surface area contributed by atoms with Crippen molar-refractivity contribution in [1.82, 2.24) is 5.43 Å². The Morgan fingerprint density at radius 3 is 2.60 bits per heavy atom. The van der Waals surface area contributed by atoms with Crippen LogP contribution in [0.2, 0.25) is 0 Å². The van der Waals surface area contributed by atoms with E-state index in [1.165, 1.54) is 13.2 Å². The van der Waals surface area contributed by atoms with E-state index in [-0.39, 0.29) is 6.61 Å². The zero-order chi connectivity index (χ0) is 11.4. The van der Waals surface area contributed by atoms with Crippen LogP contribution in [0.3, 0.4) is 0 Å². The van der Waals surface area contributed by atoms with Crippen molar-refractivity contribution in [3.63, 3.8) is 0 Å². The third kappa shape index (κ3) is 2.71. The van der Waals surface area contributed by atoms with Crippen LogP contribution in [0.25, 0.3) is 0 Å². The largest absolute Gasteiger partial charge is 0.383 e. The Balaban J connectivity index is 3.06. The first kappa shape index (κ1) is 12.0. The van der Waals surface area contributed by atoms with E-state index in [9.17, 15) is 8.78 Å². The van der Waals surface area contributed by atoms with Gasteiger partial charge in [0.2, 0.25) is 0 Å². The fourth-order valence-corrected chi connectivity index (χ4v) is 1.34. The van der Waals surface area contributed by atoms with E-state index in [4.69, 9.17) is 10.6 Å². The number of hydrogen-bond acceptors (Lipinski definition) is 3. The van der Waals surface area contributed by atoms with Gasteiger partial charge < -0.3 is 4.74 Å². The maximum absolute atomic E-state index is 13.4. The molecule has 0 radical (unpaired) electrons. The molecule has 15 heavy (non-hydrogen) atoms. The second-order valence-electron chi connectivity index (χ2n) is 3.30. The molecule has 0 aliphatic heterocycles. The molecule has 84 valence electrons. The van der Waals surface area contributed by atoms with Gasteiger partial charge in [-0.15, -0.1) is 0 Å². The molecule has 0 amide bonds. The van der Waals surface area contributed by atoms with Crippen molar-refractivity contribution < 1.29 is 13.5 Å². The summed E-state index contributed by atoms with van der Waals surface area (Å²) in [6.45, 7) is 1.79. The van der Waals surface area contributed by atoms with Crippen LogP contribution in [-0.2, 0) is 4.74 Å². The molecule has 1 rings (SSSR count). The summed E-state index contributed by atoms with van der Waals surface area (Å²) in [5.74, 6) is 4.07. The van der Waals surface area contributed by atoms with Crippen LogP contribution in [0.1, 0.15) is 17.2 Å². The Kier molecular flexibility index (Phi) is 4.14. The Morgan fingerprint density at radius 2 is 2.07 bits per heavy atom. The van der Waals surface area contributed by atoms with Crippen molar-refractivity contribution in [3.05, 3.63) is 34.9 Å². The lowest BCUT2D eigenvalue weighted by Gasteiger charge is -2.16. The molecule has 0 heterocycles. The Labute approximate surface area is 87.2 Å². The van der Waals surface area contributed by atoms with Gasteiger partial charge in [0, 0.05) is 18.7 Å². The minimum atomic E-state index is -0.627. The molecule has 0 saturated heterocycles. The highest BCUT2D eigenvalue weighted by atomic mass is 19.1. The molecular formula is C10H14F2N2O. The van der Waals surface area contributed by atoms with Crippen LogP contribution in [0.5, 0.6) is 0 Å². The second kappa shape index (κ2) is 5.16. The van der Waals surface area contributed by atoms with Gasteiger partial charge in [0.15, 0.2) is 0 Å². The van der Waals surface area contributed by atoms with E-state index in [0.717, 1.165) is 6.07 Å². The smallest absolute Gasteiger partial charge is 0.131 e. The SMILES string of the molecule is COCC(NN)c1cc(C)c(F)cc1F. The number of aryl methyl sites for hydroxylation is 1. The second-order valence-corrected chi connectivity index (χ2v) is 3.30. The van der Waals surface area contributed by atoms with Gasteiger partial charge in [0.25, 0.3) is 0 Å². The van der Waals surface area contributed by atoms with Gasteiger partial charge in [-0.25, -0.2) is 8.78 Å². The topological polar surface area (TPSA) is 47.3 Å². The van der Waals surface area contributed by atoms with Crippen molar-refractivity contribution in [2.24, 2.45) is 5.84 Å². The van der Waals surface area contributed by atoms with Crippen molar-refractivity contribution in [2.45, 2.75) is 13.0 Å². The lowest BCUT2D eigenvalue weighted by Crippen LogP contribution is -2.31. The number of hydrogen-bond donors (Lipinski definition) is 2. The number of halogens is 2. The third-order valence-electron chi connectivity index (χ3n) is 2.19. The molecule has 3 N–H and O–H groups in total. The summed E-state index contributed by atoms with van der Waals surface area (Å²) in [6, 6.07) is 1.80. The normalized spacial score (nSPS) is 12.9. The number of ether oxygens (including phenoxy) is 1. The predicted octanol–water partition coefficient (Wildman–Crippen LogP) is 1.42. The number of hydrazine groups is 1. The summed E-state index contributed by atoms with van der Waals surface area (Å²) in [5, 5.41) is 0. The first-order chi connectivity index (χ1) is 7.10. The lowest BCUT2D eigenvalue weighted by atomic mass is 10.0. The summed E-state index contributed by atoms with van der Waals surface area (Å²) in [7, 11) is 1.48. The molecule has 5 heteroatoms. The maximum atomic E-state index is 13.4. The summed E-state index contributed by atoms with van der Waals surface area (Å²) >= 11 is 0. The molecule has 3 nitrogen and oxygen atoms in total. The lowest BCUT2D eigenvalue weighted by molar-refractivity contribution is 0.165. The fourth-order valence-electron chi connectivity index (χ4n) is 1.34. The minimum absolute atomic E-state index is 0.221. The molecule has 1 aromatic carbocycles. The number of benzene rings is 1. The molecule has 1 atom stereocenters. The van der Waals surface area contributed by atoms with E-state index in [0.29, 0.717) is 11.1 Å². The van der Waals surface area contributed by atoms with Gasteiger partial charge in [0.05, 0.1) is 12.6 Å². The van der Waals surface area contributed by atoms with Gasteiger partial charge in [-0.3, -0.25) is 11.3 Å². The average molecular weight is 216 g/mol. The van der Waals surface area contributed by atoms with Gasteiger partial charge in [-0.05, 0) is 18.6 Å². The molecule has 0 saturated carbocycles. The number of nitrogens with two attached hydrogens (primary N) is 1. The highest BCUT2D eigenvalue weighted by molar-refractivity contribution is 5.28. The van der Waals surface area contributed by atoms with Crippen molar-refractivity contribution in [3.8, 4) is 0 Å². The van der Waals surface area contributed by atoms with Crippen LogP contribution < -0.4 is 11.3 Å². The van der Waals surface area contributed by atoms with Gasteiger partial charge in [-0.1, -0.05) is 0 Å².